The zero-order chi connectivity index (χ0) is 17.6. The maximum atomic E-state index is 12.4. The van der Waals surface area contributed by atoms with E-state index in [0.29, 0.717) is 30.8 Å². The Bertz CT molecular complexity index is 542. The molecule has 0 aliphatic carbocycles. The predicted octanol–water partition coefficient (Wildman–Crippen LogP) is 2.69. The second-order valence-corrected chi connectivity index (χ2v) is 6.29. The summed E-state index contributed by atoms with van der Waals surface area (Å²) in [5, 5.41) is 2.99. The molecule has 0 fully saturated rings. The van der Waals surface area contributed by atoms with Crippen LogP contribution in [-0.4, -0.2) is 41.9 Å². The first kappa shape index (κ1) is 22.4. The van der Waals surface area contributed by atoms with Gasteiger partial charge < -0.3 is 16.0 Å². The van der Waals surface area contributed by atoms with Crippen molar-refractivity contribution in [2.45, 2.75) is 40.2 Å². The number of nitrogens with one attached hydrogen (secondary N) is 1. The molecule has 0 aliphatic rings. The van der Waals surface area contributed by atoms with Gasteiger partial charge in [-0.15, -0.1) is 12.4 Å². The third-order valence-corrected chi connectivity index (χ3v) is 4.54. The summed E-state index contributed by atoms with van der Waals surface area (Å²) >= 11 is 0. The Hall–Kier alpha value is -1.59. The molecule has 1 unspecified atom stereocenters. The van der Waals surface area contributed by atoms with Crippen LogP contribution in [0.4, 0.5) is 0 Å². The van der Waals surface area contributed by atoms with Crippen LogP contribution in [0.25, 0.3) is 0 Å². The molecule has 6 heteroatoms. The lowest BCUT2D eigenvalue weighted by Gasteiger charge is -2.33. The van der Waals surface area contributed by atoms with E-state index in [1.807, 2.05) is 34.6 Å². The van der Waals surface area contributed by atoms with Gasteiger partial charge in [0.25, 0.3) is 11.8 Å². The average molecular weight is 356 g/mol. The summed E-state index contributed by atoms with van der Waals surface area (Å²) < 4.78 is 0. The number of carbonyl (C=O) groups excluding carboxylic acids is 2. The molecule has 0 bridgehead atoms. The molecule has 0 aromatic heterocycles. The summed E-state index contributed by atoms with van der Waals surface area (Å²) in [4.78, 5) is 26.4. The van der Waals surface area contributed by atoms with Gasteiger partial charge in [0.2, 0.25) is 0 Å². The van der Waals surface area contributed by atoms with Gasteiger partial charge in [0.15, 0.2) is 0 Å². The lowest BCUT2D eigenvalue weighted by molar-refractivity contribution is 0.0771. The Balaban J connectivity index is 0.00000529. The summed E-state index contributed by atoms with van der Waals surface area (Å²) in [6.07, 6.45) is 0. The first-order chi connectivity index (χ1) is 10.8. The molecule has 1 rings (SSSR count). The van der Waals surface area contributed by atoms with Gasteiger partial charge in [-0.3, -0.25) is 9.59 Å². The van der Waals surface area contributed by atoms with Crippen LogP contribution in [0.15, 0.2) is 24.3 Å². The average Bonchev–Trinajstić information content (AvgIpc) is 2.55. The van der Waals surface area contributed by atoms with Crippen molar-refractivity contribution in [3.8, 4) is 0 Å². The summed E-state index contributed by atoms with van der Waals surface area (Å²) in [7, 11) is 0. The molecule has 0 aliphatic heterocycles. The molecule has 2 amide bonds. The second kappa shape index (κ2) is 9.64. The van der Waals surface area contributed by atoms with E-state index in [-0.39, 0.29) is 30.1 Å². The molecule has 0 saturated heterocycles. The van der Waals surface area contributed by atoms with Crippen molar-refractivity contribution in [3.05, 3.63) is 35.4 Å². The van der Waals surface area contributed by atoms with Crippen molar-refractivity contribution in [2.24, 2.45) is 11.7 Å². The van der Waals surface area contributed by atoms with Crippen molar-refractivity contribution in [3.63, 3.8) is 0 Å². The van der Waals surface area contributed by atoms with Crippen LogP contribution >= 0.6 is 12.4 Å². The molecule has 3 N–H and O–H groups in total. The fourth-order valence-electron chi connectivity index (χ4n) is 2.22. The van der Waals surface area contributed by atoms with Gasteiger partial charge in [-0.05, 0) is 51.0 Å². The maximum absolute atomic E-state index is 12.4. The first-order valence-corrected chi connectivity index (χ1v) is 8.21. The van der Waals surface area contributed by atoms with Crippen molar-refractivity contribution < 1.29 is 9.59 Å². The van der Waals surface area contributed by atoms with E-state index >= 15 is 0 Å². The van der Waals surface area contributed by atoms with Crippen molar-refractivity contribution in [1.29, 1.82) is 0 Å². The second-order valence-electron chi connectivity index (χ2n) is 6.29. The van der Waals surface area contributed by atoms with E-state index in [1.54, 1.807) is 29.2 Å². The standard InChI is InChI=1S/C18H29N3O2.ClH/c1-6-21(7-2)17(23)15-10-8-14(9-11-15)16(22)20-18(5,12-19)13(3)4;/h8-11,13H,6-7,12,19H2,1-5H3,(H,20,22);1H. The number of amides is 2. The van der Waals surface area contributed by atoms with E-state index in [4.69, 9.17) is 5.73 Å². The van der Waals surface area contributed by atoms with E-state index in [0.717, 1.165) is 0 Å². The Labute approximate surface area is 151 Å². The van der Waals surface area contributed by atoms with Crippen LogP contribution in [-0.2, 0) is 0 Å². The van der Waals surface area contributed by atoms with E-state index in [2.05, 4.69) is 5.32 Å². The van der Waals surface area contributed by atoms with Crippen LogP contribution in [0.3, 0.4) is 0 Å². The Morgan fingerprint density at radius 2 is 1.58 bits per heavy atom. The number of hydrogen-bond donors (Lipinski definition) is 2. The molecular weight excluding hydrogens is 326 g/mol. The largest absolute Gasteiger partial charge is 0.345 e. The zero-order valence-corrected chi connectivity index (χ0v) is 16.1. The van der Waals surface area contributed by atoms with Gasteiger partial charge in [-0.2, -0.15) is 0 Å². The first-order valence-electron chi connectivity index (χ1n) is 8.21. The minimum Gasteiger partial charge on any atom is -0.345 e. The van der Waals surface area contributed by atoms with Crippen molar-refractivity contribution in [2.75, 3.05) is 19.6 Å². The van der Waals surface area contributed by atoms with Gasteiger partial charge in [-0.25, -0.2) is 0 Å². The maximum Gasteiger partial charge on any atom is 0.253 e. The van der Waals surface area contributed by atoms with Gasteiger partial charge in [0, 0.05) is 30.8 Å². The normalized spacial score (nSPS) is 13.0. The lowest BCUT2D eigenvalue weighted by atomic mass is 9.88. The van der Waals surface area contributed by atoms with Crippen LogP contribution in [0.5, 0.6) is 0 Å². The fourth-order valence-corrected chi connectivity index (χ4v) is 2.22. The third-order valence-electron chi connectivity index (χ3n) is 4.54. The lowest BCUT2D eigenvalue weighted by Crippen LogP contribution is -2.55. The summed E-state index contributed by atoms with van der Waals surface area (Å²) in [5.74, 6) is 0.0318. The van der Waals surface area contributed by atoms with E-state index in [9.17, 15) is 9.59 Å². The van der Waals surface area contributed by atoms with Crippen LogP contribution in [0.2, 0.25) is 0 Å². The molecule has 24 heavy (non-hydrogen) atoms. The predicted molar refractivity (Wildman–Crippen MR) is 101 cm³/mol. The molecular formula is C18H30ClN3O2. The number of hydrogen-bond acceptors (Lipinski definition) is 3. The molecule has 1 aromatic carbocycles. The molecule has 136 valence electrons. The summed E-state index contributed by atoms with van der Waals surface area (Å²) in [6.45, 7) is 11.6. The molecule has 0 spiro atoms. The van der Waals surface area contributed by atoms with Gasteiger partial charge in [-0.1, -0.05) is 13.8 Å². The Morgan fingerprint density at radius 1 is 1.12 bits per heavy atom. The highest BCUT2D eigenvalue weighted by Crippen LogP contribution is 2.16. The molecule has 5 nitrogen and oxygen atoms in total. The van der Waals surface area contributed by atoms with Crippen LogP contribution < -0.4 is 11.1 Å². The highest BCUT2D eigenvalue weighted by Gasteiger charge is 2.28. The SMILES string of the molecule is CCN(CC)C(=O)c1ccc(C(=O)NC(C)(CN)C(C)C)cc1.Cl. The Kier molecular flexibility index (Phi) is 9.01. The summed E-state index contributed by atoms with van der Waals surface area (Å²) in [5.41, 5.74) is 6.47. The quantitative estimate of drug-likeness (QED) is 0.789. The third kappa shape index (κ3) is 5.21. The highest BCUT2D eigenvalue weighted by molar-refractivity contribution is 5.98. The fraction of sp³-hybridized carbons (Fsp3) is 0.556. The van der Waals surface area contributed by atoms with Crippen LogP contribution in [0.1, 0.15) is 55.3 Å². The monoisotopic (exact) mass is 355 g/mol. The number of benzene rings is 1. The van der Waals surface area contributed by atoms with Crippen LogP contribution in [0, 0.1) is 5.92 Å². The zero-order valence-electron chi connectivity index (χ0n) is 15.3. The van der Waals surface area contributed by atoms with Gasteiger partial charge in [0.05, 0.1) is 5.54 Å². The highest BCUT2D eigenvalue weighted by atomic mass is 35.5. The van der Waals surface area contributed by atoms with Gasteiger partial charge in [0.1, 0.15) is 0 Å². The van der Waals surface area contributed by atoms with E-state index in [1.165, 1.54) is 0 Å². The van der Waals surface area contributed by atoms with Crippen molar-refractivity contribution in [1.82, 2.24) is 10.2 Å². The van der Waals surface area contributed by atoms with Crippen molar-refractivity contribution >= 4 is 24.2 Å². The number of rotatable bonds is 7. The molecule has 1 aromatic rings. The summed E-state index contributed by atoms with van der Waals surface area (Å²) in [6, 6.07) is 6.77. The van der Waals surface area contributed by atoms with Gasteiger partial charge >= 0.3 is 0 Å². The molecule has 0 saturated carbocycles. The number of halogens is 1. The molecule has 1 atom stereocenters. The minimum atomic E-state index is -0.452. The number of nitrogens with two attached hydrogens (primary N) is 1. The number of nitrogens with zero attached hydrogens (tertiary/aromatic N) is 1. The smallest absolute Gasteiger partial charge is 0.253 e. The molecule has 0 heterocycles. The topological polar surface area (TPSA) is 75.4 Å². The minimum absolute atomic E-state index is 0. The van der Waals surface area contributed by atoms with E-state index < -0.39 is 5.54 Å². The Morgan fingerprint density at radius 3 is 1.96 bits per heavy atom. The number of carbonyl (C=O) groups is 2. The molecule has 0 radical (unpaired) electrons.